The van der Waals surface area contributed by atoms with Crippen molar-refractivity contribution in [1.82, 2.24) is 0 Å². The number of carbonyl (C=O) groups excluding carboxylic acids is 2. The summed E-state index contributed by atoms with van der Waals surface area (Å²) < 4.78 is 0. The molecular formula is C15H10O2S. The number of benzene rings is 1. The van der Waals surface area contributed by atoms with E-state index >= 15 is 0 Å². The molecule has 0 atom stereocenters. The minimum atomic E-state index is -0.435. The van der Waals surface area contributed by atoms with E-state index in [2.05, 4.69) is 0 Å². The van der Waals surface area contributed by atoms with Crippen molar-refractivity contribution in [3.63, 3.8) is 0 Å². The molecule has 1 heterocycles. The Kier molecular flexibility index (Phi) is 2.49. The Balaban J connectivity index is 2.26. The van der Waals surface area contributed by atoms with Gasteiger partial charge < -0.3 is 0 Å². The Bertz CT molecular complexity index is 692. The molecule has 3 heteroatoms. The second-order valence-corrected chi connectivity index (χ2v) is 5.14. The summed E-state index contributed by atoms with van der Waals surface area (Å²) in [6.07, 6.45) is 3.08. The van der Waals surface area contributed by atoms with Crippen LogP contribution in [0.5, 0.6) is 0 Å². The SMILES string of the molecule is Cc1ccccc1-c1csc2c1C(=O)C(=O)C=C2. The fourth-order valence-corrected chi connectivity index (χ4v) is 3.11. The minimum absolute atomic E-state index is 0.396. The van der Waals surface area contributed by atoms with Gasteiger partial charge in [0.25, 0.3) is 0 Å². The van der Waals surface area contributed by atoms with Crippen LogP contribution in [0.2, 0.25) is 0 Å². The molecule has 18 heavy (non-hydrogen) atoms. The zero-order chi connectivity index (χ0) is 12.7. The highest BCUT2D eigenvalue weighted by molar-refractivity contribution is 7.12. The molecule has 1 aliphatic rings. The third-order valence-electron chi connectivity index (χ3n) is 3.09. The van der Waals surface area contributed by atoms with Crippen LogP contribution in [0.1, 0.15) is 20.8 Å². The molecule has 1 aromatic carbocycles. The van der Waals surface area contributed by atoms with Crippen LogP contribution in [0.15, 0.2) is 35.7 Å². The van der Waals surface area contributed by atoms with Crippen molar-refractivity contribution in [3.8, 4) is 11.1 Å². The molecule has 2 aromatic rings. The molecule has 0 N–H and O–H groups in total. The van der Waals surface area contributed by atoms with Crippen molar-refractivity contribution in [2.24, 2.45) is 0 Å². The van der Waals surface area contributed by atoms with E-state index in [4.69, 9.17) is 0 Å². The summed E-state index contributed by atoms with van der Waals surface area (Å²) in [6, 6.07) is 7.89. The van der Waals surface area contributed by atoms with Crippen molar-refractivity contribution in [2.45, 2.75) is 6.92 Å². The number of aryl methyl sites for hydroxylation is 1. The second kappa shape index (κ2) is 4.03. The van der Waals surface area contributed by atoms with Crippen LogP contribution in [0, 0.1) is 6.92 Å². The minimum Gasteiger partial charge on any atom is -0.286 e. The van der Waals surface area contributed by atoms with Gasteiger partial charge in [-0.25, -0.2) is 0 Å². The summed E-state index contributed by atoms with van der Waals surface area (Å²) in [7, 11) is 0. The maximum Gasteiger partial charge on any atom is 0.234 e. The van der Waals surface area contributed by atoms with Crippen molar-refractivity contribution < 1.29 is 9.59 Å². The highest BCUT2D eigenvalue weighted by Gasteiger charge is 2.26. The lowest BCUT2D eigenvalue weighted by atomic mass is 9.93. The molecule has 0 radical (unpaired) electrons. The maximum atomic E-state index is 12.0. The fraction of sp³-hybridized carbons (Fsp3) is 0.0667. The third-order valence-corrected chi connectivity index (χ3v) is 4.04. The Labute approximate surface area is 109 Å². The van der Waals surface area contributed by atoms with Crippen LogP contribution >= 0.6 is 11.3 Å². The molecule has 2 nitrogen and oxygen atoms in total. The van der Waals surface area contributed by atoms with Crippen LogP contribution in [-0.2, 0) is 4.79 Å². The van der Waals surface area contributed by atoms with Gasteiger partial charge in [0.15, 0.2) is 0 Å². The van der Waals surface area contributed by atoms with E-state index in [9.17, 15) is 9.59 Å². The van der Waals surface area contributed by atoms with E-state index in [0.29, 0.717) is 5.56 Å². The number of thiophene rings is 1. The smallest absolute Gasteiger partial charge is 0.234 e. The second-order valence-electron chi connectivity index (χ2n) is 4.23. The average Bonchev–Trinajstić information content (AvgIpc) is 2.79. The standard InChI is InChI=1S/C15H10O2S/c1-9-4-2-3-5-10(9)11-8-18-13-7-6-12(16)15(17)14(11)13/h2-8H,1H3. The molecule has 0 amide bonds. The summed E-state index contributed by atoms with van der Waals surface area (Å²) in [5.74, 6) is -0.831. The molecule has 1 aliphatic carbocycles. The number of hydrogen-bond donors (Lipinski definition) is 0. The Morgan fingerprint density at radius 2 is 1.78 bits per heavy atom. The molecule has 0 aliphatic heterocycles. The van der Waals surface area contributed by atoms with E-state index in [1.807, 2.05) is 36.6 Å². The van der Waals surface area contributed by atoms with Crippen LogP contribution in [0.4, 0.5) is 0 Å². The van der Waals surface area contributed by atoms with Crippen LogP contribution in [-0.4, -0.2) is 11.6 Å². The van der Waals surface area contributed by atoms with Gasteiger partial charge in [0.2, 0.25) is 11.6 Å². The van der Waals surface area contributed by atoms with Gasteiger partial charge in [0.05, 0.1) is 5.56 Å². The quantitative estimate of drug-likeness (QED) is 0.730. The fourth-order valence-electron chi connectivity index (χ4n) is 2.15. The number of allylic oxidation sites excluding steroid dienone is 1. The van der Waals surface area contributed by atoms with Crippen molar-refractivity contribution >= 4 is 29.0 Å². The van der Waals surface area contributed by atoms with E-state index in [1.165, 1.54) is 17.4 Å². The predicted octanol–water partition coefficient (Wildman–Crippen LogP) is 3.50. The lowest BCUT2D eigenvalue weighted by molar-refractivity contribution is -0.110. The molecule has 88 valence electrons. The van der Waals surface area contributed by atoms with Gasteiger partial charge in [0, 0.05) is 10.4 Å². The predicted molar refractivity (Wildman–Crippen MR) is 72.9 cm³/mol. The van der Waals surface area contributed by atoms with Gasteiger partial charge in [0.1, 0.15) is 0 Å². The molecule has 0 bridgehead atoms. The molecule has 0 unspecified atom stereocenters. The van der Waals surface area contributed by atoms with Crippen molar-refractivity contribution in [3.05, 3.63) is 51.7 Å². The Morgan fingerprint density at radius 3 is 2.56 bits per heavy atom. The summed E-state index contributed by atoms with van der Waals surface area (Å²) in [5.41, 5.74) is 3.55. The molecule has 0 fully saturated rings. The number of fused-ring (bicyclic) bond motifs is 1. The zero-order valence-corrected chi connectivity index (χ0v) is 10.6. The Hall–Kier alpha value is -2.00. The van der Waals surface area contributed by atoms with E-state index in [1.54, 1.807) is 6.08 Å². The van der Waals surface area contributed by atoms with E-state index in [-0.39, 0.29) is 0 Å². The number of ketones is 2. The largest absolute Gasteiger partial charge is 0.286 e. The number of hydrogen-bond acceptors (Lipinski definition) is 3. The summed E-state index contributed by atoms with van der Waals surface area (Å²) in [6.45, 7) is 2.00. The van der Waals surface area contributed by atoms with Gasteiger partial charge in [-0.3, -0.25) is 9.59 Å². The number of rotatable bonds is 1. The first-order valence-corrected chi connectivity index (χ1v) is 6.50. The number of carbonyl (C=O) groups is 2. The molecular weight excluding hydrogens is 244 g/mol. The molecule has 0 saturated heterocycles. The van der Waals surface area contributed by atoms with Crippen molar-refractivity contribution in [1.29, 1.82) is 0 Å². The topological polar surface area (TPSA) is 34.1 Å². The molecule has 3 rings (SSSR count). The Morgan fingerprint density at radius 1 is 1.00 bits per heavy atom. The van der Waals surface area contributed by atoms with Crippen LogP contribution in [0.3, 0.4) is 0 Å². The normalized spacial score (nSPS) is 13.8. The molecule has 0 spiro atoms. The molecule has 1 aromatic heterocycles. The average molecular weight is 254 g/mol. The van der Waals surface area contributed by atoms with E-state index in [0.717, 1.165) is 21.6 Å². The van der Waals surface area contributed by atoms with Gasteiger partial charge in [-0.05, 0) is 35.6 Å². The summed E-state index contributed by atoms with van der Waals surface area (Å²) in [5, 5.41) is 1.95. The monoisotopic (exact) mass is 254 g/mol. The maximum absolute atomic E-state index is 12.0. The van der Waals surface area contributed by atoms with Crippen LogP contribution < -0.4 is 0 Å². The first-order valence-electron chi connectivity index (χ1n) is 5.62. The van der Waals surface area contributed by atoms with Gasteiger partial charge in [-0.2, -0.15) is 0 Å². The van der Waals surface area contributed by atoms with Gasteiger partial charge >= 0.3 is 0 Å². The summed E-state index contributed by atoms with van der Waals surface area (Å²) >= 11 is 1.50. The van der Waals surface area contributed by atoms with E-state index < -0.39 is 11.6 Å². The zero-order valence-electron chi connectivity index (χ0n) is 9.77. The van der Waals surface area contributed by atoms with Crippen molar-refractivity contribution in [2.75, 3.05) is 0 Å². The third kappa shape index (κ3) is 1.56. The lowest BCUT2D eigenvalue weighted by Gasteiger charge is -2.08. The first-order chi connectivity index (χ1) is 8.68. The van der Waals surface area contributed by atoms with Gasteiger partial charge in [-0.1, -0.05) is 24.3 Å². The number of Topliss-reactive ketones (excluding diaryl/α,β-unsaturated/α-hetero) is 1. The highest BCUT2D eigenvalue weighted by Crippen LogP contribution is 2.36. The van der Waals surface area contributed by atoms with Crippen LogP contribution in [0.25, 0.3) is 17.2 Å². The first kappa shape index (κ1) is 11.1. The lowest BCUT2D eigenvalue weighted by Crippen LogP contribution is -2.15. The highest BCUT2D eigenvalue weighted by atomic mass is 32.1. The molecule has 0 saturated carbocycles. The van der Waals surface area contributed by atoms with Gasteiger partial charge in [-0.15, -0.1) is 11.3 Å². The summed E-state index contributed by atoms with van der Waals surface area (Å²) in [4.78, 5) is 24.4.